The van der Waals surface area contributed by atoms with Crippen LogP contribution in [-0.2, 0) is 4.79 Å². The highest BCUT2D eigenvalue weighted by atomic mass is 16.6. The van der Waals surface area contributed by atoms with Crippen LogP contribution >= 0.6 is 0 Å². The zero-order valence-corrected chi connectivity index (χ0v) is 14.0. The van der Waals surface area contributed by atoms with Gasteiger partial charge in [0.15, 0.2) is 0 Å². The number of carbonyl (C=O) groups excluding carboxylic acids is 2. The fourth-order valence-electron chi connectivity index (χ4n) is 2.23. The Balaban J connectivity index is 1.83. The molecule has 0 atom stereocenters. The van der Waals surface area contributed by atoms with Crippen LogP contribution in [0.15, 0.2) is 42.5 Å². The average molecular weight is 341 g/mol. The predicted molar refractivity (Wildman–Crippen MR) is 94.6 cm³/mol. The minimum Gasteiger partial charge on any atom is -0.352 e. The number of hydrogen-bond donors (Lipinski definition) is 2. The van der Waals surface area contributed by atoms with Crippen molar-refractivity contribution in [3.05, 3.63) is 69.3 Å². The topological polar surface area (TPSA) is 101 Å². The number of aryl methyl sites for hydroxylation is 1. The highest BCUT2D eigenvalue weighted by molar-refractivity contribution is 5.95. The van der Waals surface area contributed by atoms with Crippen molar-refractivity contribution in [1.82, 2.24) is 5.32 Å². The summed E-state index contributed by atoms with van der Waals surface area (Å²) >= 11 is 0. The first kappa shape index (κ1) is 18.1. The summed E-state index contributed by atoms with van der Waals surface area (Å²) in [6.45, 7) is 4.07. The lowest BCUT2D eigenvalue weighted by Crippen LogP contribution is -2.27. The van der Waals surface area contributed by atoms with E-state index in [4.69, 9.17) is 0 Å². The highest BCUT2D eigenvalue weighted by Gasteiger charge is 2.10. The summed E-state index contributed by atoms with van der Waals surface area (Å²) in [5, 5.41) is 16.0. The molecular weight excluding hydrogens is 322 g/mol. The van der Waals surface area contributed by atoms with E-state index in [1.54, 1.807) is 0 Å². The normalized spacial score (nSPS) is 10.2. The van der Waals surface area contributed by atoms with E-state index in [1.807, 2.05) is 32.0 Å². The number of nitrogens with zero attached hydrogens (tertiary/aromatic N) is 1. The van der Waals surface area contributed by atoms with Crippen LogP contribution in [0.25, 0.3) is 0 Å². The minimum atomic E-state index is -0.528. The number of nitro groups is 1. The number of non-ortho nitro benzene ring substituents is 1. The second-order valence-electron chi connectivity index (χ2n) is 5.61. The summed E-state index contributed by atoms with van der Waals surface area (Å²) in [5.74, 6) is -0.577. The molecule has 25 heavy (non-hydrogen) atoms. The molecule has 2 aromatic carbocycles. The van der Waals surface area contributed by atoms with E-state index in [1.165, 1.54) is 24.3 Å². The Labute approximate surface area is 145 Å². The molecule has 0 fully saturated rings. The second kappa shape index (κ2) is 8.05. The molecule has 0 aromatic heterocycles. The highest BCUT2D eigenvalue weighted by Crippen LogP contribution is 2.18. The Bertz CT molecular complexity index is 800. The third-order valence-corrected chi connectivity index (χ3v) is 3.86. The van der Waals surface area contributed by atoms with Gasteiger partial charge in [-0.1, -0.05) is 12.1 Å². The summed E-state index contributed by atoms with van der Waals surface area (Å²) in [6.07, 6.45) is 0.131. The van der Waals surface area contributed by atoms with Crippen molar-refractivity contribution in [2.75, 3.05) is 11.9 Å². The third-order valence-electron chi connectivity index (χ3n) is 3.86. The summed E-state index contributed by atoms with van der Waals surface area (Å²) in [7, 11) is 0. The quantitative estimate of drug-likeness (QED) is 0.623. The van der Waals surface area contributed by atoms with Gasteiger partial charge in [-0.05, 0) is 43.2 Å². The lowest BCUT2D eigenvalue weighted by atomic mass is 10.1. The maximum absolute atomic E-state index is 12.0. The maximum Gasteiger partial charge on any atom is 0.269 e. The number of nitrogens with one attached hydrogen (secondary N) is 2. The number of nitro benzene ring substituents is 1. The van der Waals surface area contributed by atoms with E-state index in [2.05, 4.69) is 10.6 Å². The van der Waals surface area contributed by atoms with Crippen LogP contribution in [0, 0.1) is 24.0 Å². The number of hydrogen-bond acceptors (Lipinski definition) is 4. The van der Waals surface area contributed by atoms with Crippen LogP contribution < -0.4 is 10.6 Å². The molecular formula is C18H19N3O4. The smallest absolute Gasteiger partial charge is 0.269 e. The molecule has 7 heteroatoms. The van der Waals surface area contributed by atoms with Crippen LogP contribution in [0.4, 0.5) is 11.4 Å². The van der Waals surface area contributed by atoms with Gasteiger partial charge in [0.2, 0.25) is 5.91 Å². The molecule has 0 aliphatic carbocycles. The lowest BCUT2D eigenvalue weighted by Gasteiger charge is -2.10. The second-order valence-corrected chi connectivity index (χ2v) is 5.61. The Kier molecular flexibility index (Phi) is 5.84. The van der Waals surface area contributed by atoms with E-state index in [0.29, 0.717) is 5.56 Å². The molecule has 2 N–H and O–H groups in total. The first-order chi connectivity index (χ1) is 11.9. The van der Waals surface area contributed by atoms with Crippen molar-refractivity contribution in [3.63, 3.8) is 0 Å². The van der Waals surface area contributed by atoms with Gasteiger partial charge in [0.25, 0.3) is 11.6 Å². The Morgan fingerprint density at radius 3 is 2.40 bits per heavy atom. The molecule has 2 aromatic rings. The van der Waals surface area contributed by atoms with Crippen LogP contribution in [0.1, 0.15) is 27.9 Å². The predicted octanol–water partition coefficient (Wildman–Crippen LogP) is 2.97. The summed E-state index contributed by atoms with van der Waals surface area (Å²) in [4.78, 5) is 34.0. The Morgan fingerprint density at radius 2 is 1.76 bits per heavy atom. The van der Waals surface area contributed by atoms with E-state index < -0.39 is 4.92 Å². The number of rotatable bonds is 6. The van der Waals surface area contributed by atoms with Crippen molar-refractivity contribution in [3.8, 4) is 0 Å². The van der Waals surface area contributed by atoms with Crippen molar-refractivity contribution < 1.29 is 14.5 Å². The molecule has 0 saturated carbocycles. The third kappa shape index (κ3) is 4.87. The van der Waals surface area contributed by atoms with Crippen LogP contribution in [-0.4, -0.2) is 23.3 Å². The van der Waals surface area contributed by atoms with Gasteiger partial charge in [-0.25, -0.2) is 0 Å². The lowest BCUT2D eigenvalue weighted by molar-refractivity contribution is -0.384. The average Bonchev–Trinajstić information content (AvgIpc) is 2.59. The van der Waals surface area contributed by atoms with Gasteiger partial charge >= 0.3 is 0 Å². The van der Waals surface area contributed by atoms with Gasteiger partial charge in [-0.15, -0.1) is 0 Å². The summed E-state index contributed by atoms with van der Waals surface area (Å²) in [6, 6.07) is 11.0. The monoisotopic (exact) mass is 341 g/mol. The number of carbonyl (C=O) groups is 2. The minimum absolute atomic E-state index is 0.0792. The maximum atomic E-state index is 12.0. The first-order valence-corrected chi connectivity index (χ1v) is 7.77. The van der Waals surface area contributed by atoms with Crippen LogP contribution in [0.5, 0.6) is 0 Å². The zero-order valence-electron chi connectivity index (χ0n) is 14.0. The molecule has 7 nitrogen and oxygen atoms in total. The van der Waals surface area contributed by atoms with E-state index in [0.717, 1.165) is 16.8 Å². The van der Waals surface area contributed by atoms with Gasteiger partial charge in [-0.2, -0.15) is 0 Å². The molecule has 0 saturated heterocycles. The van der Waals surface area contributed by atoms with Gasteiger partial charge in [0.1, 0.15) is 0 Å². The Hall–Kier alpha value is -3.22. The van der Waals surface area contributed by atoms with Gasteiger partial charge in [-0.3, -0.25) is 19.7 Å². The molecule has 130 valence electrons. The first-order valence-electron chi connectivity index (χ1n) is 7.77. The largest absolute Gasteiger partial charge is 0.352 e. The molecule has 0 spiro atoms. The zero-order chi connectivity index (χ0) is 18.4. The Morgan fingerprint density at radius 1 is 1.08 bits per heavy atom. The van der Waals surface area contributed by atoms with Crippen molar-refractivity contribution in [2.45, 2.75) is 20.3 Å². The van der Waals surface area contributed by atoms with Gasteiger partial charge < -0.3 is 10.6 Å². The fraction of sp³-hybridized carbons (Fsp3) is 0.222. The number of benzene rings is 2. The van der Waals surface area contributed by atoms with Crippen LogP contribution in [0.2, 0.25) is 0 Å². The van der Waals surface area contributed by atoms with Crippen LogP contribution in [0.3, 0.4) is 0 Å². The molecule has 0 aliphatic rings. The van der Waals surface area contributed by atoms with E-state index >= 15 is 0 Å². The molecule has 0 radical (unpaired) electrons. The molecule has 2 rings (SSSR count). The number of amides is 2. The molecule has 2 amide bonds. The van der Waals surface area contributed by atoms with Crippen molar-refractivity contribution in [1.29, 1.82) is 0 Å². The molecule has 0 aliphatic heterocycles. The molecule has 0 bridgehead atoms. The number of anilines is 1. The molecule has 0 unspecified atom stereocenters. The van der Waals surface area contributed by atoms with Gasteiger partial charge in [0, 0.05) is 36.3 Å². The fourth-order valence-corrected chi connectivity index (χ4v) is 2.23. The molecule has 0 heterocycles. The SMILES string of the molecule is Cc1cccc(NC(=O)CCNC(=O)c2ccc([N+](=O)[O-])cc2)c1C. The van der Waals surface area contributed by atoms with Crippen molar-refractivity contribution >= 4 is 23.2 Å². The summed E-state index contributed by atoms with van der Waals surface area (Å²) < 4.78 is 0. The van der Waals surface area contributed by atoms with Gasteiger partial charge in [0.05, 0.1) is 4.92 Å². The summed E-state index contributed by atoms with van der Waals surface area (Å²) in [5.41, 5.74) is 3.08. The standard InChI is InChI=1S/C18H19N3O4/c1-12-4-3-5-16(13(12)2)20-17(22)10-11-19-18(23)14-6-8-15(9-7-14)21(24)25/h3-9H,10-11H2,1-2H3,(H,19,23)(H,20,22). The van der Waals surface area contributed by atoms with Crippen molar-refractivity contribution in [2.24, 2.45) is 0 Å². The van der Waals surface area contributed by atoms with E-state index in [-0.39, 0.29) is 30.5 Å². The van der Waals surface area contributed by atoms with E-state index in [9.17, 15) is 19.7 Å².